The first-order valence-corrected chi connectivity index (χ1v) is 10.3. The first-order valence-electron chi connectivity index (χ1n) is 10.3. The lowest BCUT2D eigenvalue weighted by molar-refractivity contribution is -0.0395. The Labute approximate surface area is 154 Å². The van der Waals surface area contributed by atoms with Crippen molar-refractivity contribution < 1.29 is 9.84 Å². The molecule has 0 spiro atoms. The monoisotopic (exact) mass is 355 g/mol. The fourth-order valence-corrected chi connectivity index (χ4v) is 5.47. The van der Waals surface area contributed by atoms with Crippen LogP contribution in [0.2, 0.25) is 0 Å². The van der Waals surface area contributed by atoms with Crippen LogP contribution in [0.15, 0.2) is 18.3 Å². The maximum atomic E-state index is 10.5. The van der Waals surface area contributed by atoms with E-state index in [4.69, 9.17) is 4.74 Å². The highest BCUT2D eigenvalue weighted by atomic mass is 16.5. The summed E-state index contributed by atoms with van der Waals surface area (Å²) in [4.78, 5) is 10.7. The van der Waals surface area contributed by atoms with Gasteiger partial charge in [-0.25, -0.2) is 4.98 Å². The van der Waals surface area contributed by atoms with Crippen LogP contribution < -0.4 is 0 Å². The van der Waals surface area contributed by atoms with E-state index in [1.165, 1.54) is 42.3 Å². The zero-order valence-electron chi connectivity index (χ0n) is 15.4. The third kappa shape index (κ3) is 2.86. The Balaban J connectivity index is 1.49. The molecule has 2 aromatic heterocycles. The molecule has 1 aliphatic carbocycles. The summed E-state index contributed by atoms with van der Waals surface area (Å²) < 4.78 is 6.00. The normalized spacial score (nSPS) is 32.8. The van der Waals surface area contributed by atoms with Gasteiger partial charge in [0.1, 0.15) is 5.65 Å². The number of piperidine rings is 1. The van der Waals surface area contributed by atoms with Crippen LogP contribution in [0.4, 0.5) is 0 Å². The van der Waals surface area contributed by atoms with Gasteiger partial charge in [-0.2, -0.15) is 0 Å². The first-order chi connectivity index (χ1) is 12.8. The molecule has 26 heavy (non-hydrogen) atoms. The quantitative estimate of drug-likeness (QED) is 0.884. The Morgan fingerprint density at radius 2 is 2.12 bits per heavy atom. The second kappa shape index (κ2) is 6.95. The fourth-order valence-electron chi connectivity index (χ4n) is 5.47. The maximum Gasteiger partial charge on any atom is 0.137 e. The molecule has 5 heteroatoms. The first kappa shape index (κ1) is 16.7. The van der Waals surface area contributed by atoms with E-state index in [1.54, 1.807) is 0 Å². The molecule has 4 heterocycles. The van der Waals surface area contributed by atoms with E-state index in [-0.39, 0.29) is 12.2 Å². The minimum absolute atomic E-state index is 0.112. The van der Waals surface area contributed by atoms with Crippen molar-refractivity contribution in [3.05, 3.63) is 29.6 Å². The second-order valence-electron chi connectivity index (χ2n) is 8.26. The molecule has 0 bridgehead atoms. The van der Waals surface area contributed by atoms with Crippen LogP contribution in [0, 0.1) is 5.92 Å². The van der Waals surface area contributed by atoms with Crippen LogP contribution in [0.3, 0.4) is 0 Å². The van der Waals surface area contributed by atoms with Crippen LogP contribution in [0.1, 0.15) is 62.3 Å². The SMILES string of the molecule is O[C@@H]1CCN(Cc2c([C@@H]3CCCO3)[nH]c3ncccc23)[C@@H]2CCCC[C@H]12. The highest BCUT2D eigenvalue weighted by Crippen LogP contribution is 2.39. The molecule has 140 valence electrons. The summed E-state index contributed by atoms with van der Waals surface area (Å²) in [5.41, 5.74) is 3.57. The van der Waals surface area contributed by atoms with E-state index in [1.807, 2.05) is 12.3 Å². The van der Waals surface area contributed by atoms with Gasteiger partial charge in [-0.3, -0.25) is 4.90 Å². The molecule has 1 saturated carbocycles. The predicted molar refractivity (Wildman–Crippen MR) is 101 cm³/mol. The van der Waals surface area contributed by atoms with Crippen LogP contribution in [0.5, 0.6) is 0 Å². The van der Waals surface area contributed by atoms with E-state index in [2.05, 4.69) is 20.9 Å². The van der Waals surface area contributed by atoms with Crippen molar-refractivity contribution in [3.63, 3.8) is 0 Å². The number of aliphatic hydroxyl groups excluding tert-OH is 1. The zero-order valence-corrected chi connectivity index (χ0v) is 15.4. The molecule has 0 aromatic carbocycles. The molecule has 0 radical (unpaired) electrons. The Hall–Kier alpha value is -1.43. The van der Waals surface area contributed by atoms with E-state index < -0.39 is 0 Å². The van der Waals surface area contributed by atoms with Crippen molar-refractivity contribution in [2.24, 2.45) is 5.92 Å². The smallest absolute Gasteiger partial charge is 0.137 e. The van der Waals surface area contributed by atoms with Crippen LogP contribution in [-0.4, -0.2) is 45.3 Å². The van der Waals surface area contributed by atoms with Gasteiger partial charge in [0, 0.05) is 43.2 Å². The van der Waals surface area contributed by atoms with Gasteiger partial charge in [-0.15, -0.1) is 0 Å². The number of aliphatic hydroxyl groups is 1. The minimum atomic E-state index is -0.112. The average molecular weight is 355 g/mol. The van der Waals surface area contributed by atoms with Crippen LogP contribution >= 0.6 is 0 Å². The summed E-state index contributed by atoms with van der Waals surface area (Å²) in [7, 11) is 0. The summed E-state index contributed by atoms with van der Waals surface area (Å²) >= 11 is 0. The lowest BCUT2D eigenvalue weighted by Crippen LogP contribution is -2.52. The number of hydrogen-bond acceptors (Lipinski definition) is 4. The highest BCUT2D eigenvalue weighted by molar-refractivity contribution is 5.81. The van der Waals surface area contributed by atoms with E-state index in [0.717, 1.165) is 44.6 Å². The maximum absolute atomic E-state index is 10.5. The number of likely N-dealkylation sites (tertiary alicyclic amines) is 1. The van der Waals surface area contributed by atoms with Gasteiger partial charge in [0.05, 0.1) is 17.9 Å². The Morgan fingerprint density at radius 1 is 1.19 bits per heavy atom. The number of nitrogens with zero attached hydrogens (tertiary/aromatic N) is 2. The van der Waals surface area contributed by atoms with E-state index in [0.29, 0.717) is 12.0 Å². The molecule has 4 atom stereocenters. The van der Waals surface area contributed by atoms with Crippen molar-refractivity contribution in [2.75, 3.05) is 13.2 Å². The second-order valence-corrected chi connectivity index (χ2v) is 8.26. The number of nitrogens with one attached hydrogen (secondary N) is 1. The predicted octanol–water partition coefficient (Wildman–Crippen LogP) is 3.54. The molecule has 2 aliphatic heterocycles. The number of ether oxygens (including phenoxy) is 1. The van der Waals surface area contributed by atoms with Gasteiger partial charge < -0.3 is 14.8 Å². The van der Waals surface area contributed by atoms with Crippen molar-refractivity contribution in [3.8, 4) is 0 Å². The summed E-state index contributed by atoms with van der Waals surface area (Å²) in [5, 5.41) is 11.7. The number of H-pyrrole nitrogens is 1. The Morgan fingerprint density at radius 3 is 3.00 bits per heavy atom. The zero-order chi connectivity index (χ0) is 17.5. The third-order valence-electron chi connectivity index (χ3n) is 6.78. The molecule has 5 nitrogen and oxygen atoms in total. The molecule has 2 saturated heterocycles. The molecular weight excluding hydrogens is 326 g/mol. The average Bonchev–Trinajstić information content (AvgIpc) is 3.32. The van der Waals surface area contributed by atoms with E-state index in [9.17, 15) is 5.11 Å². The molecule has 3 fully saturated rings. The topological polar surface area (TPSA) is 61.4 Å². The minimum Gasteiger partial charge on any atom is -0.393 e. The number of aromatic nitrogens is 2. The fraction of sp³-hybridized carbons (Fsp3) is 0.667. The van der Waals surface area contributed by atoms with E-state index >= 15 is 0 Å². The molecule has 0 unspecified atom stereocenters. The van der Waals surface area contributed by atoms with Gasteiger partial charge in [0.15, 0.2) is 0 Å². The lowest BCUT2D eigenvalue weighted by atomic mass is 9.76. The summed E-state index contributed by atoms with van der Waals surface area (Å²) in [5.74, 6) is 0.451. The lowest BCUT2D eigenvalue weighted by Gasteiger charge is -2.46. The van der Waals surface area contributed by atoms with Crippen molar-refractivity contribution in [1.29, 1.82) is 0 Å². The van der Waals surface area contributed by atoms with Gasteiger partial charge in [0.2, 0.25) is 0 Å². The Kier molecular flexibility index (Phi) is 4.47. The van der Waals surface area contributed by atoms with Crippen molar-refractivity contribution >= 4 is 11.0 Å². The number of rotatable bonds is 3. The van der Waals surface area contributed by atoms with Crippen LogP contribution in [-0.2, 0) is 11.3 Å². The molecule has 2 aromatic rings. The van der Waals surface area contributed by atoms with Crippen molar-refractivity contribution in [1.82, 2.24) is 14.9 Å². The summed E-state index contributed by atoms with van der Waals surface area (Å²) in [6.45, 7) is 2.78. The molecular formula is C21H29N3O2. The number of aromatic amines is 1. The number of hydrogen-bond donors (Lipinski definition) is 2. The number of pyridine rings is 1. The molecule has 2 N–H and O–H groups in total. The van der Waals surface area contributed by atoms with Gasteiger partial charge in [0.25, 0.3) is 0 Å². The summed E-state index contributed by atoms with van der Waals surface area (Å²) in [6, 6.07) is 4.73. The number of fused-ring (bicyclic) bond motifs is 2. The van der Waals surface area contributed by atoms with Crippen molar-refractivity contribution in [2.45, 2.75) is 69.7 Å². The standard InChI is InChI=1S/C21H29N3O2/c25-18-9-11-24(17-7-2-1-5-15(17)18)13-16-14-6-3-10-22-21(14)23-20(16)19-8-4-12-26-19/h3,6,10,15,17-19,25H,1-2,4-5,7-9,11-13H2,(H,22,23)/t15-,17+,18+,19-/m0/s1. The van der Waals surface area contributed by atoms with Crippen LogP contribution in [0.25, 0.3) is 11.0 Å². The third-order valence-corrected chi connectivity index (χ3v) is 6.78. The highest BCUT2D eigenvalue weighted by Gasteiger charge is 2.39. The van der Waals surface area contributed by atoms with Gasteiger partial charge in [-0.05, 0) is 49.8 Å². The summed E-state index contributed by atoms with van der Waals surface area (Å²) in [6.07, 6.45) is 10.00. The molecule has 3 aliphatic rings. The Bertz CT molecular complexity index is 768. The molecule has 0 amide bonds. The largest absolute Gasteiger partial charge is 0.393 e. The molecule has 5 rings (SSSR count). The van der Waals surface area contributed by atoms with Gasteiger partial charge in [-0.1, -0.05) is 12.8 Å². The van der Waals surface area contributed by atoms with Gasteiger partial charge >= 0.3 is 0 Å².